The molecule has 0 aliphatic heterocycles. The minimum Gasteiger partial charge on any atom is -0.398 e. The van der Waals surface area contributed by atoms with Crippen LogP contribution in [0.2, 0.25) is 0 Å². The summed E-state index contributed by atoms with van der Waals surface area (Å²) in [5.74, 6) is 0. The first kappa shape index (κ1) is 8.30. The molecular formula is C7H7ClN2S. The number of nitrogen functional groups attached to an aromatic ring is 1. The van der Waals surface area contributed by atoms with E-state index in [9.17, 15) is 0 Å². The van der Waals surface area contributed by atoms with E-state index in [1.807, 2.05) is 17.5 Å². The van der Waals surface area contributed by atoms with E-state index in [-0.39, 0.29) is 12.4 Å². The Hall–Kier alpha value is -0.800. The molecule has 0 aliphatic carbocycles. The lowest BCUT2D eigenvalue weighted by molar-refractivity contribution is 1.45. The molecule has 0 atom stereocenters. The fraction of sp³-hybridized carbons (Fsp3) is 0. The van der Waals surface area contributed by atoms with E-state index in [4.69, 9.17) is 5.73 Å². The lowest BCUT2D eigenvalue weighted by Crippen LogP contribution is -1.84. The predicted octanol–water partition coefficient (Wildman–Crippen LogP) is 2.30. The van der Waals surface area contributed by atoms with Crippen LogP contribution in [-0.4, -0.2) is 4.98 Å². The van der Waals surface area contributed by atoms with Crippen molar-refractivity contribution in [3.05, 3.63) is 23.7 Å². The molecule has 0 aromatic carbocycles. The van der Waals surface area contributed by atoms with Crippen LogP contribution < -0.4 is 5.73 Å². The van der Waals surface area contributed by atoms with Gasteiger partial charge in [-0.1, -0.05) is 0 Å². The van der Waals surface area contributed by atoms with Crippen molar-refractivity contribution < 1.29 is 0 Å². The van der Waals surface area contributed by atoms with Gasteiger partial charge < -0.3 is 5.73 Å². The fourth-order valence-electron chi connectivity index (χ4n) is 0.896. The number of rotatable bonds is 0. The lowest BCUT2D eigenvalue weighted by Gasteiger charge is -1.91. The molecular weight excluding hydrogens is 180 g/mol. The molecule has 2 heterocycles. The smallest absolute Gasteiger partial charge is 0.125 e. The maximum atomic E-state index is 5.67. The summed E-state index contributed by atoms with van der Waals surface area (Å²) in [4.78, 5) is 5.15. The number of thiophene rings is 1. The second-order valence-electron chi connectivity index (χ2n) is 2.04. The summed E-state index contributed by atoms with van der Waals surface area (Å²) in [6.45, 7) is 0. The molecule has 0 radical (unpaired) electrons. The summed E-state index contributed by atoms with van der Waals surface area (Å²) >= 11 is 1.61. The van der Waals surface area contributed by atoms with Gasteiger partial charge in [0.25, 0.3) is 0 Å². The minimum atomic E-state index is 0. The lowest BCUT2D eigenvalue weighted by atomic mass is 10.3. The number of nitrogens with two attached hydrogens (primary N) is 1. The molecule has 2 rings (SSSR count). The minimum absolute atomic E-state index is 0. The summed E-state index contributed by atoms with van der Waals surface area (Å²) in [6.07, 6.45) is 1.73. The van der Waals surface area contributed by atoms with E-state index in [2.05, 4.69) is 4.98 Å². The third kappa shape index (κ3) is 1.29. The highest BCUT2D eigenvalue weighted by atomic mass is 35.5. The highest BCUT2D eigenvalue weighted by molar-refractivity contribution is 7.16. The average molecular weight is 187 g/mol. The standard InChI is InChI=1S/C7H6N2S.ClH/c8-6-1-3-9-7-5(6)2-4-10-7;/h1-4H,(H2,8,9);1H. The van der Waals surface area contributed by atoms with E-state index in [1.165, 1.54) is 0 Å². The first-order chi connectivity index (χ1) is 4.88. The first-order valence-corrected chi connectivity index (χ1v) is 3.83. The Labute approximate surface area is 74.5 Å². The van der Waals surface area contributed by atoms with E-state index >= 15 is 0 Å². The van der Waals surface area contributed by atoms with Crippen molar-refractivity contribution in [1.29, 1.82) is 0 Å². The SMILES string of the molecule is Cl.Nc1ccnc2sccc12. The Morgan fingerprint density at radius 2 is 2.18 bits per heavy atom. The molecule has 2 aromatic rings. The molecule has 2 nitrogen and oxygen atoms in total. The Balaban J connectivity index is 0.000000605. The van der Waals surface area contributed by atoms with E-state index in [0.29, 0.717) is 0 Å². The van der Waals surface area contributed by atoms with E-state index in [1.54, 1.807) is 17.5 Å². The number of pyridine rings is 1. The molecule has 0 fully saturated rings. The van der Waals surface area contributed by atoms with Gasteiger partial charge in [-0.3, -0.25) is 0 Å². The summed E-state index contributed by atoms with van der Waals surface area (Å²) in [6, 6.07) is 3.80. The molecule has 0 saturated heterocycles. The van der Waals surface area contributed by atoms with Crippen LogP contribution in [0.25, 0.3) is 10.2 Å². The molecule has 0 spiro atoms. The largest absolute Gasteiger partial charge is 0.398 e. The Morgan fingerprint density at radius 3 is 2.91 bits per heavy atom. The van der Waals surface area contributed by atoms with Crippen LogP contribution in [0.3, 0.4) is 0 Å². The fourth-order valence-corrected chi connectivity index (χ4v) is 1.66. The topological polar surface area (TPSA) is 38.9 Å². The number of aromatic nitrogens is 1. The first-order valence-electron chi connectivity index (χ1n) is 2.95. The maximum absolute atomic E-state index is 5.67. The zero-order chi connectivity index (χ0) is 6.97. The number of anilines is 1. The summed E-state index contributed by atoms with van der Waals surface area (Å²) in [5.41, 5.74) is 6.48. The average Bonchev–Trinajstić information content (AvgIpc) is 2.36. The van der Waals surface area contributed by atoms with Crippen LogP contribution in [0.1, 0.15) is 0 Å². The predicted molar refractivity (Wildman–Crippen MR) is 51.3 cm³/mol. The zero-order valence-electron chi connectivity index (χ0n) is 5.65. The molecule has 0 aliphatic rings. The van der Waals surface area contributed by atoms with Gasteiger partial charge in [0.1, 0.15) is 4.83 Å². The molecule has 0 saturated carbocycles. The molecule has 4 heteroatoms. The Morgan fingerprint density at radius 1 is 1.36 bits per heavy atom. The van der Waals surface area contributed by atoms with Gasteiger partial charge >= 0.3 is 0 Å². The Kier molecular flexibility index (Phi) is 2.31. The number of nitrogens with zero attached hydrogens (tertiary/aromatic N) is 1. The monoisotopic (exact) mass is 186 g/mol. The molecule has 2 N–H and O–H groups in total. The number of fused-ring (bicyclic) bond motifs is 1. The highest BCUT2D eigenvalue weighted by Gasteiger charge is 1.96. The maximum Gasteiger partial charge on any atom is 0.125 e. The summed E-state index contributed by atoms with van der Waals surface area (Å²) in [5, 5.41) is 3.06. The van der Waals surface area contributed by atoms with Crippen LogP contribution in [0.15, 0.2) is 23.7 Å². The number of hydrogen-bond acceptors (Lipinski definition) is 3. The van der Waals surface area contributed by atoms with Gasteiger partial charge in [0.2, 0.25) is 0 Å². The normalized spacial score (nSPS) is 9.45. The van der Waals surface area contributed by atoms with Crippen molar-refractivity contribution in [2.24, 2.45) is 0 Å². The third-order valence-corrected chi connectivity index (χ3v) is 2.22. The van der Waals surface area contributed by atoms with Crippen molar-refractivity contribution in [2.45, 2.75) is 0 Å². The Bertz CT molecular complexity index is 358. The van der Waals surface area contributed by atoms with E-state index in [0.717, 1.165) is 15.9 Å². The van der Waals surface area contributed by atoms with Crippen molar-refractivity contribution in [3.8, 4) is 0 Å². The zero-order valence-corrected chi connectivity index (χ0v) is 7.28. The van der Waals surface area contributed by atoms with Crippen LogP contribution >= 0.6 is 23.7 Å². The van der Waals surface area contributed by atoms with Crippen LogP contribution in [0.4, 0.5) is 5.69 Å². The quantitative estimate of drug-likeness (QED) is 0.686. The van der Waals surface area contributed by atoms with Crippen molar-refractivity contribution in [1.82, 2.24) is 4.98 Å². The summed E-state index contributed by atoms with van der Waals surface area (Å²) < 4.78 is 0. The van der Waals surface area contributed by atoms with Crippen LogP contribution in [-0.2, 0) is 0 Å². The summed E-state index contributed by atoms with van der Waals surface area (Å²) in [7, 11) is 0. The van der Waals surface area contributed by atoms with Gasteiger partial charge in [0.15, 0.2) is 0 Å². The molecule has 11 heavy (non-hydrogen) atoms. The number of hydrogen-bond donors (Lipinski definition) is 1. The molecule has 0 amide bonds. The van der Waals surface area contributed by atoms with Crippen molar-refractivity contribution >= 4 is 39.6 Å². The van der Waals surface area contributed by atoms with Crippen molar-refractivity contribution in [3.63, 3.8) is 0 Å². The van der Waals surface area contributed by atoms with Gasteiger partial charge in [-0.15, -0.1) is 23.7 Å². The van der Waals surface area contributed by atoms with Crippen LogP contribution in [0, 0.1) is 0 Å². The second kappa shape index (κ2) is 3.07. The highest BCUT2D eigenvalue weighted by Crippen LogP contribution is 2.22. The second-order valence-corrected chi connectivity index (χ2v) is 2.93. The van der Waals surface area contributed by atoms with Gasteiger partial charge in [-0.25, -0.2) is 4.98 Å². The van der Waals surface area contributed by atoms with Gasteiger partial charge in [0, 0.05) is 17.3 Å². The molecule has 0 unspecified atom stereocenters. The third-order valence-electron chi connectivity index (χ3n) is 1.40. The van der Waals surface area contributed by atoms with Gasteiger partial charge in [-0.05, 0) is 17.5 Å². The van der Waals surface area contributed by atoms with E-state index < -0.39 is 0 Å². The molecule has 0 bridgehead atoms. The molecule has 2 aromatic heterocycles. The number of halogens is 1. The van der Waals surface area contributed by atoms with Crippen LogP contribution in [0.5, 0.6) is 0 Å². The van der Waals surface area contributed by atoms with Crippen molar-refractivity contribution in [2.75, 3.05) is 5.73 Å². The van der Waals surface area contributed by atoms with Gasteiger partial charge in [0.05, 0.1) is 0 Å². The molecule has 58 valence electrons. The van der Waals surface area contributed by atoms with Gasteiger partial charge in [-0.2, -0.15) is 0 Å².